The van der Waals surface area contributed by atoms with Gasteiger partial charge < -0.3 is 129 Å². The molecule has 26 heteroatoms. The number of aliphatic hydroxyl groups excluding tert-OH is 15. The van der Waals surface area contributed by atoms with E-state index in [2.05, 4.69) is 0 Å². The van der Waals surface area contributed by atoms with Gasteiger partial charge in [-0.2, -0.15) is 0 Å². The van der Waals surface area contributed by atoms with Crippen LogP contribution in [0.15, 0.2) is 0 Å². The van der Waals surface area contributed by atoms with Crippen molar-refractivity contribution in [2.24, 2.45) is 0 Å². The lowest BCUT2D eigenvalue weighted by molar-refractivity contribution is -0.371. The molecule has 5 saturated heterocycles. The van der Waals surface area contributed by atoms with E-state index in [-0.39, 0.29) is 6.61 Å². The van der Waals surface area contributed by atoms with E-state index in [1.807, 2.05) is 0 Å². The van der Waals surface area contributed by atoms with Crippen LogP contribution in [-0.4, -0.2) is 277 Å². The van der Waals surface area contributed by atoms with Crippen molar-refractivity contribution in [3.05, 3.63) is 0 Å². The summed E-state index contributed by atoms with van der Waals surface area (Å²) in [6, 6.07) is 0. The molecule has 0 spiro atoms. The first kappa shape index (κ1) is 48.0. The van der Waals surface area contributed by atoms with Crippen molar-refractivity contribution in [2.45, 2.75) is 154 Å². The molecule has 0 saturated carbocycles. The predicted molar refractivity (Wildman–Crippen MR) is 176 cm³/mol. The van der Waals surface area contributed by atoms with Gasteiger partial charge in [-0.15, -0.1) is 0 Å². The molecule has 0 aromatic rings. The summed E-state index contributed by atoms with van der Waals surface area (Å²) < 4.78 is 60.0. The van der Waals surface area contributed by atoms with E-state index in [0.29, 0.717) is 0 Å². The van der Waals surface area contributed by atoms with Gasteiger partial charge in [0.15, 0.2) is 31.5 Å². The van der Waals surface area contributed by atoms with Gasteiger partial charge in [-0.1, -0.05) is 0 Å². The zero-order valence-corrected chi connectivity index (χ0v) is 31.2. The van der Waals surface area contributed by atoms with E-state index in [0.717, 1.165) is 0 Å². The summed E-state index contributed by atoms with van der Waals surface area (Å²) in [5.41, 5.74) is 0. The molecule has 0 amide bonds. The third-order valence-electron chi connectivity index (χ3n) is 10.6. The highest BCUT2D eigenvalue weighted by molar-refractivity contribution is 4.96. The summed E-state index contributed by atoms with van der Waals surface area (Å²) in [7, 11) is 2.46. The largest absolute Gasteiger partial charge is 0.394 e. The SMILES string of the molecule is COCC1O[C@H](OCC2O[C@H](OCC3O[C@H](OCC4O[C@H](OC)C(O)[C@@H](O)[C@@H]4O)C(O)[C@@H](O)[C@@H]3O)[C@@H](O)C(O[C@@H]3OC(CO)[C@@H](O)C(O)[C@@H]3O)[C@@H]2O)C(O)[C@@H](O)[C@@H]1O. The van der Waals surface area contributed by atoms with Gasteiger partial charge in [0.25, 0.3) is 0 Å². The number of hydrogen-bond donors (Lipinski definition) is 15. The zero-order chi connectivity index (χ0) is 42.7. The average molecular weight is 857 g/mol. The van der Waals surface area contributed by atoms with E-state index in [1.54, 1.807) is 0 Å². The first-order chi connectivity index (χ1) is 27.4. The minimum atomic E-state index is -2.03. The Morgan fingerprint density at radius 2 is 0.672 bits per heavy atom. The molecule has 0 bridgehead atoms. The molecule has 5 fully saturated rings. The van der Waals surface area contributed by atoms with Crippen LogP contribution in [0.4, 0.5) is 0 Å². The Kier molecular flexibility index (Phi) is 17.3. The summed E-state index contributed by atoms with van der Waals surface area (Å²) in [6.45, 7) is -3.17. The van der Waals surface area contributed by atoms with E-state index in [9.17, 15) is 76.6 Å². The molecule has 5 aliphatic rings. The van der Waals surface area contributed by atoms with E-state index in [1.165, 1.54) is 14.2 Å². The van der Waals surface area contributed by atoms with Crippen LogP contribution in [0.25, 0.3) is 0 Å². The number of rotatable bonds is 15. The third kappa shape index (κ3) is 10.2. The molecule has 15 N–H and O–H groups in total. The lowest BCUT2D eigenvalue weighted by Crippen LogP contribution is -2.65. The quantitative estimate of drug-likeness (QED) is 0.0727. The molecule has 5 heterocycles. The molecule has 25 atom stereocenters. The fourth-order valence-corrected chi connectivity index (χ4v) is 7.04. The van der Waals surface area contributed by atoms with Crippen molar-refractivity contribution >= 4 is 0 Å². The van der Waals surface area contributed by atoms with Crippen molar-refractivity contribution in [1.29, 1.82) is 0 Å². The third-order valence-corrected chi connectivity index (χ3v) is 10.6. The Hall–Kier alpha value is -1.04. The average Bonchev–Trinajstić information content (AvgIpc) is 3.21. The standard InChI is InChI=1S/C32H56O26/c1-48-4-9-14(35)20(41)23(44)29(55-9)51-7-12-17(38)27(58-32-25(46)18(39)13(34)8(3-33)53-32)26(47)31(57-12)52-6-11-16(37)21(42)24(45)30(56-11)50-5-10-15(36)19(40)22(43)28(49-2)54-10/h8-47H,3-7H2,1-2H3/t8?,9?,10?,11?,12?,13-,14-,15-,16-,17-,18?,19+,20+,21+,22?,23?,24?,25+,26+,27?,28+,29+,30+,31+,32+/m1/s1. The second-order valence-electron chi connectivity index (χ2n) is 14.6. The Morgan fingerprint density at radius 1 is 0.345 bits per heavy atom. The van der Waals surface area contributed by atoms with E-state index >= 15 is 0 Å². The lowest BCUT2D eigenvalue weighted by atomic mass is 9.96. The van der Waals surface area contributed by atoms with Gasteiger partial charge in [-0.25, -0.2) is 0 Å². The van der Waals surface area contributed by atoms with Gasteiger partial charge in [0.05, 0.1) is 33.0 Å². The van der Waals surface area contributed by atoms with Crippen molar-refractivity contribution in [1.82, 2.24) is 0 Å². The number of aliphatic hydroxyl groups is 15. The zero-order valence-electron chi connectivity index (χ0n) is 31.2. The summed E-state index contributed by atoms with van der Waals surface area (Å²) in [5, 5.41) is 157. The van der Waals surface area contributed by atoms with Crippen LogP contribution >= 0.6 is 0 Å². The summed E-state index contributed by atoms with van der Waals surface area (Å²) in [5.74, 6) is 0. The first-order valence-electron chi connectivity index (χ1n) is 18.4. The number of methoxy groups -OCH3 is 2. The van der Waals surface area contributed by atoms with Gasteiger partial charge in [0.2, 0.25) is 0 Å². The fraction of sp³-hybridized carbons (Fsp3) is 1.00. The van der Waals surface area contributed by atoms with Crippen molar-refractivity contribution in [3.63, 3.8) is 0 Å². The van der Waals surface area contributed by atoms with Crippen LogP contribution in [0.3, 0.4) is 0 Å². The Labute approximate surface area is 329 Å². The van der Waals surface area contributed by atoms with Crippen molar-refractivity contribution in [2.75, 3.05) is 47.3 Å². The summed E-state index contributed by atoms with van der Waals surface area (Å²) in [4.78, 5) is 0. The number of ether oxygens (including phenoxy) is 11. The lowest BCUT2D eigenvalue weighted by Gasteiger charge is -2.47. The molecule has 26 nitrogen and oxygen atoms in total. The van der Waals surface area contributed by atoms with Crippen LogP contribution < -0.4 is 0 Å². The summed E-state index contributed by atoms with van der Waals surface area (Å²) >= 11 is 0. The van der Waals surface area contributed by atoms with Crippen LogP contribution in [0, 0.1) is 0 Å². The van der Waals surface area contributed by atoms with Gasteiger partial charge in [-0.05, 0) is 0 Å². The molecule has 5 aliphatic heterocycles. The monoisotopic (exact) mass is 856 g/mol. The van der Waals surface area contributed by atoms with E-state index < -0.39 is 180 Å². The van der Waals surface area contributed by atoms with Crippen LogP contribution in [0.5, 0.6) is 0 Å². The Bertz CT molecular complexity index is 1240. The molecular formula is C32H56O26. The predicted octanol–water partition coefficient (Wildman–Crippen LogP) is -10.6. The fourth-order valence-electron chi connectivity index (χ4n) is 7.04. The maximum absolute atomic E-state index is 11.4. The van der Waals surface area contributed by atoms with Gasteiger partial charge in [0, 0.05) is 14.2 Å². The van der Waals surface area contributed by atoms with Gasteiger partial charge in [0.1, 0.15) is 122 Å². The second kappa shape index (κ2) is 20.9. The van der Waals surface area contributed by atoms with Gasteiger partial charge >= 0.3 is 0 Å². The van der Waals surface area contributed by atoms with Crippen LogP contribution in [-0.2, 0) is 52.1 Å². The Morgan fingerprint density at radius 3 is 1.09 bits per heavy atom. The molecule has 0 aromatic carbocycles. The first-order valence-corrected chi connectivity index (χ1v) is 18.4. The highest BCUT2D eigenvalue weighted by Gasteiger charge is 2.53. The van der Waals surface area contributed by atoms with Crippen LogP contribution in [0.2, 0.25) is 0 Å². The second-order valence-corrected chi connectivity index (χ2v) is 14.6. The minimum Gasteiger partial charge on any atom is -0.394 e. The maximum Gasteiger partial charge on any atom is 0.187 e. The molecule has 0 aliphatic carbocycles. The molecule has 10 unspecified atom stereocenters. The highest BCUT2D eigenvalue weighted by atomic mass is 16.8. The smallest absolute Gasteiger partial charge is 0.187 e. The molecule has 0 aromatic heterocycles. The van der Waals surface area contributed by atoms with Crippen molar-refractivity contribution in [3.8, 4) is 0 Å². The molecule has 5 rings (SSSR count). The minimum absolute atomic E-state index is 0.227. The molecule has 58 heavy (non-hydrogen) atoms. The van der Waals surface area contributed by atoms with Gasteiger partial charge in [-0.3, -0.25) is 0 Å². The molecule has 340 valence electrons. The van der Waals surface area contributed by atoms with E-state index in [4.69, 9.17) is 52.1 Å². The summed E-state index contributed by atoms with van der Waals surface area (Å²) in [6.07, 6.45) is -43.1. The number of hydrogen-bond acceptors (Lipinski definition) is 26. The Balaban J connectivity index is 1.29. The topological polar surface area (TPSA) is 405 Å². The normalized spacial score (nSPS) is 51.8. The van der Waals surface area contributed by atoms with Crippen molar-refractivity contribution < 1.29 is 129 Å². The molecular weight excluding hydrogens is 800 g/mol. The van der Waals surface area contributed by atoms with Crippen LogP contribution in [0.1, 0.15) is 0 Å². The highest BCUT2D eigenvalue weighted by Crippen LogP contribution is 2.32. The molecule has 0 radical (unpaired) electrons. The maximum atomic E-state index is 11.4.